The quantitative estimate of drug-likeness (QED) is 0.0347. The largest absolute Gasteiger partial charge is 0.480 e. The number of ether oxygens (including phenoxy) is 2. The molecule has 2 heterocycles. The number of nitrogens with one attached hydrogen (secondary N) is 6. The van der Waals surface area contributed by atoms with Crippen LogP contribution in [0.2, 0.25) is 0 Å². The van der Waals surface area contributed by atoms with Gasteiger partial charge < -0.3 is 66.9 Å². The first-order valence-electron chi connectivity index (χ1n) is 32.3. The highest BCUT2D eigenvalue weighted by Crippen LogP contribution is 2.31. The Kier molecular flexibility index (Phi) is 32.5. The summed E-state index contributed by atoms with van der Waals surface area (Å²) < 4.78 is 12.0. The molecule has 1 aromatic carbocycles. The Balaban J connectivity index is 1.72. The van der Waals surface area contributed by atoms with Crippen molar-refractivity contribution in [1.29, 1.82) is 0 Å². The maximum atomic E-state index is 14.8. The van der Waals surface area contributed by atoms with Crippen LogP contribution in [-0.4, -0.2) is 205 Å². The standard InChI is InChI=1S/C65H107N11O15/c1-16-41(10)56(48(90-14)35-51(79)75-32-24-28-47(75)57(91-15)42(11)58(81)70-46(64(87)88)33-43-25-19-17-20-26-43)74(13)63(86)54(39(6)7)72-61(84)55(40(8)9)73(12)52(80)36-68-59(82)45(27-23-30-67-65(66)89)69-60(83)53(38(4)5)71-49(77)29-21-18-22-31-76-50(78)34-44(37(2)3)62(76)85/h17,19-20,25-26,37-42,44-48,53-57H,16,18,21-24,27-36H2,1-15H3,(H,68,82)(H,69,83)(H,70,81)(H,71,77)(H,72,84)(H,87,88)(H3,66,67,89)/t41-,42?,44?,45-,46-,47-,48+,53-,54-,55-,56?,57+/m0/s1. The summed E-state index contributed by atoms with van der Waals surface area (Å²) in [5.41, 5.74) is 5.99. The number of hydrogen-bond acceptors (Lipinski definition) is 14. The lowest BCUT2D eigenvalue weighted by atomic mass is 9.89. The van der Waals surface area contributed by atoms with Gasteiger partial charge in [0, 0.05) is 73.1 Å². The molecular formula is C65H107N11O15. The number of rotatable bonds is 39. The number of primary amides is 1. The molecule has 512 valence electrons. The van der Waals surface area contributed by atoms with E-state index in [1.165, 1.54) is 36.0 Å². The maximum Gasteiger partial charge on any atom is 0.326 e. The SMILES string of the molecule is CC[C@H](C)C([C@@H](CC(=O)N1CCC[C@H]1[C@H](OC)C(C)C(=O)N[C@@H](Cc1ccccc1)C(=O)O)OC)N(C)C(=O)[C@@H](NC(=O)[C@H](C(C)C)N(C)C(=O)CNC(=O)[C@H](CCCNC(N)=O)NC(=O)[C@@H](NC(=O)CCCCCN1C(=O)CC(C(C)C)C1=O)C(C)C)C(C)C. The van der Waals surface area contributed by atoms with E-state index in [0.717, 1.165) is 5.56 Å². The zero-order chi connectivity index (χ0) is 68.6. The third-order valence-electron chi connectivity index (χ3n) is 17.7. The summed E-state index contributed by atoms with van der Waals surface area (Å²) in [6.45, 7) is 19.8. The molecule has 1 aromatic rings. The summed E-state index contributed by atoms with van der Waals surface area (Å²) in [5, 5.41) is 26.1. The molecule has 12 atom stereocenters. The molecule has 2 aliphatic rings. The molecule has 0 spiro atoms. The van der Waals surface area contributed by atoms with Crippen LogP contribution >= 0.6 is 0 Å². The molecule has 91 heavy (non-hydrogen) atoms. The summed E-state index contributed by atoms with van der Waals surface area (Å²) in [6.07, 6.45) is 1.92. The second-order valence-corrected chi connectivity index (χ2v) is 25.9. The van der Waals surface area contributed by atoms with Crippen LogP contribution in [0.4, 0.5) is 4.79 Å². The summed E-state index contributed by atoms with van der Waals surface area (Å²) >= 11 is 0. The molecule has 0 aliphatic carbocycles. The predicted octanol–water partition coefficient (Wildman–Crippen LogP) is 3.12. The Morgan fingerprint density at radius 1 is 0.725 bits per heavy atom. The number of imide groups is 1. The highest BCUT2D eigenvalue weighted by Gasteiger charge is 2.45. The van der Waals surface area contributed by atoms with Gasteiger partial charge in [-0.3, -0.25) is 52.8 Å². The second kappa shape index (κ2) is 38.0. The Morgan fingerprint density at radius 2 is 1.36 bits per heavy atom. The minimum absolute atomic E-state index is 0.0140. The van der Waals surface area contributed by atoms with E-state index in [1.54, 1.807) is 84.7 Å². The Bertz CT molecular complexity index is 2620. The van der Waals surface area contributed by atoms with Gasteiger partial charge in [-0.05, 0) is 73.7 Å². The van der Waals surface area contributed by atoms with Gasteiger partial charge in [-0.15, -0.1) is 0 Å². The van der Waals surface area contributed by atoms with Crippen molar-refractivity contribution >= 4 is 71.1 Å². The van der Waals surface area contributed by atoms with Gasteiger partial charge in [-0.25, -0.2) is 9.59 Å². The second-order valence-electron chi connectivity index (χ2n) is 25.9. The van der Waals surface area contributed by atoms with Gasteiger partial charge in [0.15, 0.2) is 0 Å². The zero-order valence-electron chi connectivity index (χ0n) is 56.5. The van der Waals surface area contributed by atoms with Gasteiger partial charge in [0.05, 0.1) is 43.2 Å². The smallest absolute Gasteiger partial charge is 0.326 e. The van der Waals surface area contributed by atoms with E-state index in [2.05, 4.69) is 31.9 Å². The number of carbonyl (C=O) groups is 12. The van der Waals surface area contributed by atoms with Crippen LogP contribution in [0.3, 0.4) is 0 Å². The molecule has 9 N–H and O–H groups in total. The summed E-state index contributed by atoms with van der Waals surface area (Å²) in [7, 11) is 5.90. The van der Waals surface area contributed by atoms with Crippen molar-refractivity contribution < 1.29 is 72.1 Å². The lowest BCUT2D eigenvalue weighted by Crippen LogP contribution is -2.61. The Morgan fingerprint density at radius 3 is 1.91 bits per heavy atom. The average molecular weight is 1280 g/mol. The number of carboxylic acid groups (broad SMARTS) is 1. The molecule has 3 rings (SSSR count). The van der Waals surface area contributed by atoms with Crippen LogP contribution in [0.1, 0.15) is 152 Å². The van der Waals surface area contributed by atoms with Gasteiger partial charge in [-0.2, -0.15) is 0 Å². The third kappa shape index (κ3) is 23.1. The van der Waals surface area contributed by atoms with Gasteiger partial charge in [-0.1, -0.05) is 119 Å². The number of nitrogens with zero attached hydrogens (tertiary/aromatic N) is 4. The minimum atomic E-state index is -1.25. The Labute approximate surface area is 538 Å². The minimum Gasteiger partial charge on any atom is -0.480 e. The van der Waals surface area contributed by atoms with Crippen molar-refractivity contribution in [2.75, 3.05) is 54.5 Å². The third-order valence-corrected chi connectivity index (χ3v) is 17.7. The first kappa shape index (κ1) is 78.0. The summed E-state index contributed by atoms with van der Waals surface area (Å²) in [6, 6.07) is 1.15. The zero-order valence-corrected chi connectivity index (χ0v) is 56.5. The van der Waals surface area contributed by atoms with Crippen molar-refractivity contribution in [3.63, 3.8) is 0 Å². The number of hydrogen-bond donors (Lipinski definition) is 8. The number of aliphatic carboxylic acids is 1. The molecule has 0 aromatic heterocycles. The first-order valence-corrected chi connectivity index (χ1v) is 32.3. The van der Waals surface area contributed by atoms with Crippen molar-refractivity contribution in [3.05, 3.63) is 35.9 Å². The van der Waals surface area contributed by atoms with Crippen molar-refractivity contribution in [3.8, 4) is 0 Å². The molecule has 26 nitrogen and oxygen atoms in total. The number of amides is 12. The number of unbranched alkanes of at least 4 members (excludes halogenated alkanes) is 2. The first-order chi connectivity index (χ1) is 42.8. The fraction of sp³-hybridized carbons (Fsp3) is 0.723. The van der Waals surface area contributed by atoms with Crippen molar-refractivity contribution in [2.24, 2.45) is 47.2 Å². The predicted molar refractivity (Wildman–Crippen MR) is 341 cm³/mol. The van der Waals surface area contributed by atoms with Crippen molar-refractivity contribution in [1.82, 2.24) is 51.5 Å². The monoisotopic (exact) mass is 1280 g/mol. The van der Waals surface area contributed by atoms with Crippen molar-refractivity contribution in [2.45, 2.75) is 208 Å². The number of methoxy groups -OCH3 is 2. The highest BCUT2D eigenvalue weighted by molar-refractivity contribution is 6.03. The molecule has 0 radical (unpaired) electrons. The molecule has 2 aliphatic heterocycles. The number of urea groups is 1. The van der Waals surface area contributed by atoms with E-state index in [1.807, 2.05) is 33.8 Å². The Hall–Kier alpha value is -7.22. The molecule has 3 unspecified atom stereocenters. The van der Waals surface area contributed by atoms with Crippen LogP contribution in [0.5, 0.6) is 0 Å². The van der Waals surface area contributed by atoms with Crippen LogP contribution < -0.4 is 37.6 Å². The molecule has 12 amide bonds. The molecule has 0 saturated carbocycles. The normalized spacial score (nSPS) is 18.3. The lowest BCUT2D eigenvalue weighted by Gasteiger charge is -2.41. The molecule has 2 saturated heterocycles. The van der Waals surface area contributed by atoms with Gasteiger partial charge in [0.2, 0.25) is 59.1 Å². The topological polar surface area (TPSA) is 355 Å². The number of benzene rings is 1. The maximum absolute atomic E-state index is 14.8. The van der Waals surface area contributed by atoms with Gasteiger partial charge in [0.25, 0.3) is 0 Å². The van der Waals surface area contributed by atoms with Crippen LogP contribution in [0.15, 0.2) is 30.3 Å². The van der Waals surface area contributed by atoms with Gasteiger partial charge in [0.1, 0.15) is 30.2 Å². The fourth-order valence-electron chi connectivity index (χ4n) is 12.1. The molecular weight excluding hydrogens is 1170 g/mol. The van der Waals surface area contributed by atoms with E-state index in [9.17, 15) is 62.6 Å². The number of carbonyl (C=O) groups excluding carboxylic acids is 11. The number of nitrogens with two attached hydrogens (primary N) is 1. The number of likely N-dealkylation sites (N-methyl/N-ethyl adjacent to an activating group) is 2. The van der Waals surface area contributed by atoms with Gasteiger partial charge >= 0.3 is 12.0 Å². The fourth-order valence-corrected chi connectivity index (χ4v) is 12.1. The lowest BCUT2D eigenvalue weighted by molar-refractivity contribution is -0.149. The summed E-state index contributed by atoms with van der Waals surface area (Å²) in [4.78, 5) is 167. The van der Waals surface area contributed by atoms with E-state index in [4.69, 9.17) is 15.2 Å². The molecule has 26 heteroatoms. The van der Waals surface area contributed by atoms with E-state index in [-0.39, 0.29) is 87.1 Å². The number of carboxylic acids is 1. The number of likely N-dealkylation sites (tertiary alicyclic amines) is 2. The van der Waals surface area contributed by atoms with E-state index in [0.29, 0.717) is 45.1 Å². The average Bonchev–Trinajstić information content (AvgIpc) is 1.90. The van der Waals surface area contributed by atoms with E-state index < -0.39 is 138 Å². The van der Waals surface area contributed by atoms with Crippen LogP contribution in [0.25, 0.3) is 0 Å². The van der Waals surface area contributed by atoms with E-state index >= 15 is 0 Å². The van der Waals surface area contributed by atoms with Crippen LogP contribution in [0, 0.1) is 41.4 Å². The molecule has 0 bridgehead atoms. The summed E-state index contributed by atoms with van der Waals surface area (Å²) in [5.74, 6) is -8.80. The van der Waals surface area contributed by atoms with Crippen LogP contribution in [-0.2, 0) is 68.6 Å². The highest BCUT2D eigenvalue weighted by atomic mass is 16.5. The molecule has 2 fully saturated rings.